The zero-order valence-corrected chi connectivity index (χ0v) is 11.8. The Morgan fingerprint density at radius 3 is 2.75 bits per heavy atom. The second-order valence-corrected chi connectivity index (χ2v) is 4.63. The lowest BCUT2D eigenvalue weighted by atomic mass is 10.3. The molecular formula is C12H20N6O2. The maximum absolute atomic E-state index is 11.6. The van der Waals surface area contributed by atoms with Gasteiger partial charge in [-0.2, -0.15) is 15.0 Å². The van der Waals surface area contributed by atoms with E-state index >= 15 is 0 Å². The van der Waals surface area contributed by atoms with Crippen molar-refractivity contribution in [1.82, 2.24) is 15.0 Å². The van der Waals surface area contributed by atoms with E-state index in [0.717, 1.165) is 25.9 Å². The fourth-order valence-electron chi connectivity index (χ4n) is 2.02. The van der Waals surface area contributed by atoms with Crippen molar-refractivity contribution in [3.8, 4) is 0 Å². The third-order valence-electron chi connectivity index (χ3n) is 3.02. The number of anilines is 3. The van der Waals surface area contributed by atoms with Crippen LogP contribution >= 0.6 is 0 Å². The molecule has 1 atom stereocenters. The van der Waals surface area contributed by atoms with E-state index in [4.69, 9.17) is 10.5 Å². The van der Waals surface area contributed by atoms with Gasteiger partial charge in [-0.05, 0) is 26.7 Å². The first-order valence-electron chi connectivity index (χ1n) is 6.80. The molecule has 1 aliphatic rings. The number of aromatic nitrogens is 3. The second-order valence-electron chi connectivity index (χ2n) is 4.63. The monoisotopic (exact) mass is 280 g/mol. The topological polar surface area (TPSA) is 106 Å². The summed E-state index contributed by atoms with van der Waals surface area (Å²) in [6, 6.07) is -0.539. The summed E-state index contributed by atoms with van der Waals surface area (Å²) < 4.78 is 4.92. The number of nitrogens with two attached hydrogens (primary N) is 1. The standard InChI is InChI=1S/C12H20N6O2/c1-3-20-9(19)8(2)14-11-15-10(13)16-12(17-11)18-6-4-5-7-18/h8H,3-7H2,1-2H3,(H3,13,14,15,16,17). The molecular weight excluding hydrogens is 260 g/mol. The lowest BCUT2D eigenvalue weighted by Crippen LogP contribution is -2.30. The summed E-state index contributed by atoms with van der Waals surface area (Å²) in [5.74, 6) is 0.628. The summed E-state index contributed by atoms with van der Waals surface area (Å²) >= 11 is 0. The second kappa shape index (κ2) is 6.36. The lowest BCUT2D eigenvalue weighted by molar-refractivity contribution is -0.143. The fourth-order valence-corrected chi connectivity index (χ4v) is 2.02. The molecule has 8 nitrogen and oxygen atoms in total. The third-order valence-corrected chi connectivity index (χ3v) is 3.02. The number of nitrogen functional groups attached to an aromatic ring is 1. The van der Waals surface area contributed by atoms with Crippen molar-refractivity contribution in [2.45, 2.75) is 32.7 Å². The van der Waals surface area contributed by atoms with Gasteiger partial charge in [0.1, 0.15) is 6.04 Å². The van der Waals surface area contributed by atoms with Gasteiger partial charge in [0.05, 0.1) is 6.61 Å². The number of nitrogens with zero attached hydrogens (tertiary/aromatic N) is 4. The van der Waals surface area contributed by atoms with Crippen molar-refractivity contribution in [2.75, 3.05) is 35.6 Å². The SMILES string of the molecule is CCOC(=O)C(C)Nc1nc(N)nc(N2CCCC2)n1. The number of rotatable bonds is 5. The highest BCUT2D eigenvalue weighted by Crippen LogP contribution is 2.17. The molecule has 2 heterocycles. The van der Waals surface area contributed by atoms with Gasteiger partial charge in [0.15, 0.2) is 0 Å². The van der Waals surface area contributed by atoms with E-state index in [1.54, 1.807) is 13.8 Å². The van der Waals surface area contributed by atoms with Gasteiger partial charge in [-0.3, -0.25) is 0 Å². The Bertz CT molecular complexity index is 475. The number of esters is 1. The average molecular weight is 280 g/mol. The predicted octanol–water partition coefficient (Wildman–Crippen LogP) is 0.417. The van der Waals surface area contributed by atoms with Gasteiger partial charge in [-0.25, -0.2) is 4.79 Å². The first-order valence-corrected chi connectivity index (χ1v) is 6.80. The number of carbonyl (C=O) groups excluding carboxylic acids is 1. The molecule has 1 aliphatic heterocycles. The molecule has 1 unspecified atom stereocenters. The number of nitrogens with one attached hydrogen (secondary N) is 1. The van der Waals surface area contributed by atoms with Crippen LogP contribution in [0.4, 0.5) is 17.8 Å². The summed E-state index contributed by atoms with van der Waals surface area (Å²) in [5, 5.41) is 2.89. The molecule has 0 spiro atoms. The summed E-state index contributed by atoms with van der Waals surface area (Å²) in [5.41, 5.74) is 5.69. The van der Waals surface area contributed by atoms with Gasteiger partial charge in [-0.1, -0.05) is 0 Å². The van der Waals surface area contributed by atoms with E-state index in [0.29, 0.717) is 18.5 Å². The van der Waals surface area contributed by atoms with Gasteiger partial charge < -0.3 is 20.7 Å². The van der Waals surface area contributed by atoms with Crippen LogP contribution in [0.25, 0.3) is 0 Å². The average Bonchev–Trinajstić information content (AvgIpc) is 2.92. The number of hydrogen-bond acceptors (Lipinski definition) is 8. The van der Waals surface area contributed by atoms with Crippen molar-refractivity contribution in [2.24, 2.45) is 0 Å². The zero-order chi connectivity index (χ0) is 14.5. The van der Waals surface area contributed by atoms with Crippen molar-refractivity contribution < 1.29 is 9.53 Å². The Morgan fingerprint density at radius 2 is 2.10 bits per heavy atom. The molecule has 110 valence electrons. The van der Waals surface area contributed by atoms with Crippen LogP contribution in [-0.2, 0) is 9.53 Å². The van der Waals surface area contributed by atoms with Crippen molar-refractivity contribution in [3.05, 3.63) is 0 Å². The van der Waals surface area contributed by atoms with E-state index in [1.807, 2.05) is 0 Å². The number of hydrogen-bond donors (Lipinski definition) is 2. The van der Waals surface area contributed by atoms with Crippen LogP contribution in [0.1, 0.15) is 26.7 Å². The van der Waals surface area contributed by atoms with Gasteiger partial charge in [0.2, 0.25) is 17.8 Å². The van der Waals surface area contributed by atoms with E-state index in [-0.39, 0.29) is 11.9 Å². The van der Waals surface area contributed by atoms with Gasteiger partial charge in [0.25, 0.3) is 0 Å². The van der Waals surface area contributed by atoms with Crippen LogP contribution in [0.2, 0.25) is 0 Å². The summed E-state index contributed by atoms with van der Waals surface area (Å²) in [6.45, 7) is 5.61. The smallest absolute Gasteiger partial charge is 0.328 e. The highest BCUT2D eigenvalue weighted by atomic mass is 16.5. The molecule has 1 saturated heterocycles. The van der Waals surface area contributed by atoms with Crippen molar-refractivity contribution in [3.63, 3.8) is 0 Å². The third kappa shape index (κ3) is 3.46. The van der Waals surface area contributed by atoms with Gasteiger partial charge >= 0.3 is 5.97 Å². The van der Waals surface area contributed by atoms with Crippen LogP contribution in [0.3, 0.4) is 0 Å². The molecule has 0 aromatic carbocycles. The predicted molar refractivity (Wildman–Crippen MR) is 75.4 cm³/mol. The van der Waals surface area contributed by atoms with Crippen LogP contribution in [0.5, 0.6) is 0 Å². The lowest BCUT2D eigenvalue weighted by Gasteiger charge is -2.17. The van der Waals surface area contributed by atoms with E-state index < -0.39 is 6.04 Å². The maximum atomic E-state index is 11.6. The summed E-state index contributed by atoms with van der Waals surface area (Å²) in [6.07, 6.45) is 2.24. The molecule has 0 saturated carbocycles. The molecule has 2 rings (SSSR count). The van der Waals surface area contributed by atoms with E-state index in [9.17, 15) is 4.79 Å². The zero-order valence-electron chi connectivity index (χ0n) is 11.8. The minimum absolute atomic E-state index is 0.139. The largest absolute Gasteiger partial charge is 0.464 e. The Kier molecular flexibility index (Phi) is 4.54. The molecule has 1 fully saturated rings. The number of carbonyl (C=O) groups is 1. The first kappa shape index (κ1) is 14.3. The van der Waals surface area contributed by atoms with Crippen LogP contribution in [0, 0.1) is 0 Å². The van der Waals surface area contributed by atoms with Crippen LogP contribution in [0.15, 0.2) is 0 Å². The quantitative estimate of drug-likeness (QED) is 0.747. The molecule has 3 N–H and O–H groups in total. The van der Waals surface area contributed by atoms with E-state index in [2.05, 4.69) is 25.2 Å². The normalized spacial score (nSPS) is 16.0. The van der Waals surface area contributed by atoms with Crippen molar-refractivity contribution in [1.29, 1.82) is 0 Å². The molecule has 8 heteroatoms. The number of ether oxygens (including phenoxy) is 1. The van der Waals surface area contributed by atoms with Gasteiger partial charge in [0, 0.05) is 13.1 Å². The van der Waals surface area contributed by atoms with Crippen LogP contribution < -0.4 is 16.0 Å². The molecule has 0 amide bonds. The fraction of sp³-hybridized carbons (Fsp3) is 0.667. The Labute approximate surface area is 117 Å². The van der Waals surface area contributed by atoms with Crippen molar-refractivity contribution >= 4 is 23.8 Å². The molecule has 0 bridgehead atoms. The van der Waals surface area contributed by atoms with E-state index in [1.165, 1.54) is 0 Å². The Morgan fingerprint density at radius 1 is 1.40 bits per heavy atom. The summed E-state index contributed by atoms with van der Waals surface area (Å²) in [7, 11) is 0. The summed E-state index contributed by atoms with van der Waals surface area (Å²) in [4.78, 5) is 26.1. The maximum Gasteiger partial charge on any atom is 0.328 e. The highest BCUT2D eigenvalue weighted by molar-refractivity contribution is 5.78. The minimum Gasteiger partial charge on any atom is -0.464 e. The first-order chi connectivity index (χ1) is 9.60. The minimum atomic E-state index is -0.539. The Balaban J connectivity index is 2.09. The molecule has 0 radical (unpaired) electrons. The molecule has 1 aromatic heterocycles. The molecule has 0 aliphatic carbocycles. The highest BCUT2D eigenvalue weighted by Gasteiger charge is 2.19. The molecule has 20 heavy (non-hydrogen) atoms. The molecule has 1 aromatic rings. The Hall–Kier alpha value is -2.12. The van der Waals surface area contributed by atoms with Gasteiger partial charge in [-0.15, -0.1) is 0 Å². The van der Waals surface area contributed by atoms with Crippen LogP contribution in [-0.4, -0.2) is 46.7 Å².